The third-order valence-electron chi connectivity index (χ3n) is 2.73. The zero-order valence-corrected chi connectivity index (χ0v) is 12.7. The lowest BCUT2D eigenvalue weighted by molar-refractivity contribution is 0.587. The number of rotatable bonds is 5. The van der Waals surface area contributed by atoms with Crippen molar-refractivity contribution >= 4 is 23.1 Å². The summed E-state index contributed by atoms with van der Waals surface area (Å²) in [6.07, 6.45) is 0. The fourth-order valence-electron chi connectivity index (χ4n) is 1.68. The monoisotopic (exact) mass is 277 g/mol. The van der Waals surface area contributed by atoms with Gasteiger partial charge in [0, 0.05) is 17.5 Å². The molecule has 0 fully saturated rings. The van der Waals surface area contributed by atoms with Crippen LogP contribution in [0.5, 0.6) is 0 Å². The smallest absolute Gasteiger partial charge is 0.0646 e. The third-order valence-corrected chi connectivity index (χ3v) is 4.76. The molecule has 2 rings (SSSR count). The molecule has 0 radical (unpaired) electrons. The highest BCUT2D eigenvalue weighted by atomic mass is 32.2. The van der Waals surface area contributed by atoms with Crippen LogP contribution in [0.4, 0.5) is 0 Å². The second-order valence-electron chi connectivity index (χ2n) is 4.66. The molecule has 1 N–H and O–H groups in total. The maximum Gasteiger partial charge on any atom is 0.0646 e. The highest BCUT2D eigenvalue weighted by Crippen LogP contribution is 2.32. The first kappa shape index (κ1) is 13.7. The first-order chi connectivity index (χ1) is 8.65. The molecule has 0 aliphatic carbocycles. The van der Waals surface area contributed by atoms with Crippen molar-refractivity contribution in [3.8, 4) is 0 Å². The molecule has 0 aliphatic heterocycles. The van der Waals surface area contributed by atoms with Crippen LogP contribution in [0.25, 0.3) is 0 Å². The molecule has 18 heavy (non-hydrogen) atoms. The Balaban J connectivity index is 2.05. The molecule has 96 valence electrons. The molecule has 0 spiro atoms. The van der Waals surface area contributed by atoms with Crippen molar-refractivity contribution in [3.63, 3.8) is 0 Å². The van der Waals surface area contributed by atoms with Gasteiger partial charge in [0.05, 0.1) is 4.21 Å². The lowest BCUT2D eigenvalue weighted by Gasteiger charge is -2.11. The van der Waals surface area contributed by atoms with E-state index in [1.165, 1.54) is 20.2 Å². The van der Waals surface area contributed by atoms with Crippen molar-refractivity contribution in [1.82, 2.24) is 5.32 Å². The van der Waals surface area contributed by atoms with Crippen LogP contribution in [-0.4, -0.2) is 6.04 Å². The van der Waals surface area contributed by atoms with Gasteiger partial charge in [-0.3, -0.25) is 0 Å². The average molecular weight is 277 g/mol. The molecule has 1 nitrogen and oxygen atoms in total. The SMILES string of the molecule is Cc1cc(Sc2cccs2)ccc1CNC(C)C. The van der Waals surface area contributed by atoms with Crippen LogP contribution in [0.1, 0.15) is 25.0 Å². The highest BCUT2D eigenvalue weighted by molar-refractivity contribution is 8.01. The van der Waals surface area contributed by atoms with Gasteiger partial charge in [0.1, 0.15) is 0 Å². The van der Waals surface area contributed by atoms with Crippen LogP contribution < -0.4 is 5.32 Å². The van der Waals surface area contributed by atoms with E-state index in [1.807, 2.05) is 11.8 Å². The van der Waals surface area contributed by atoms with Gasteiger partial charge in [0.15, 0.2) is 0 Å². The molecule has 1 heterocycles. The highest BCUT2D eigenvalue weighted by Gasteiger charge is 2.03. The van der Waals surface area contributed by atoms with Crippen LogP contribution in [0, 0.1) is 6.92 Å². The van der Waals surface area contributed by atoms with E-state index in [2.05, 4.69) is 61.8 Å². The van der Waals surface area contributed by atoms with E-state index < -0.39 is 0 Å². The molecule has 0 amide bonds. The number of benzene rings is 1. The van der Waals surface area contributed by atoms with Crippen LogP contribution in [-0.2, 0) is 6.54 Å². The van der Waals surface area contributed by atoms with E-state index in [4.69, 9.17) is 0 Å². The van der Waals surface area contributed by atoms with Gasteiger partial charge < -0.3 is 5.32 Å². The second kappa shape index (κ2) is 6.41. The van der Waals surface area contributed by atoms with Gasteiger partial charge in [0.2, 0.25) is 0 Å². The summed E-state index contributed by atoms with van der Waals surface area (Å²) >= 11 is 3.63. The molecule has 0 saturated carbocycles. The Bertz CT molecular complexity index is 489. The third kappa shape index (κ3) is 3.87. The zero-order chi connectivity index (χ0) is 13.0. The van der Waals surface area contributed by atoms with Gasteiger partial charge in [-0.25, -0.2) is 0 Å². The van der Waals surface area contributed by atoms with Crippen molar-refractivity contribution in [3.05, 3.63) is 46.8 Å². The topological polar surface area (TPSA) is 12.0 Å². The summed E-state index contributed by atoms with van der Waals surface area (Å²) in [5.74, 6) is 0. The summed E-state index contributed by atoms with van der Waals surface area (Å²) in [5, 5.41) is 5.58. The van der Waals surface area contributed by atoms with Crippen molar-refractivity contribution < 1.29 is 0 Å². The average Bonchev–Trinajstić information content (AvgIpc) is 2.80. The fraction of sp³-hybridized carbons (Fsp3) is 0.333. The van der Waals surface area contributed by atoms with Gasteiger partial charge >= 0.3 is 0 Å². The van der Waals surface area contributed by atoms with E-state index in [0.717, 1.165) is 6.54 Å². The van der Waals surface area contributed by atoms with Crippen molar-refractivity contribution in [2.45, 2.75) is 42.5 Å². The minimum Gasteiger partial charge on any atom is -0.310 e. The Morgan fingerprint density at radius 2 is 2.11 bits per heavy atom. The summed E-state index contributed by atoms with van der Waals surface area (Å²) in [4.78, 5) is 1.32. The minimum absolute atomic E-state index is 0.532. The van der Waals surface area contributed by atoms with Gasteiger partial charge in [0.25, 0.3) is 0 Å². The van der Waals surface area contributed by atoms with Gasteiger partial charge in [-0.05, 0) is 41.6 Å². The van der Waals surface area contributed by atoms with Crippen molar-refractivity contribution in [1.29, 1.82) is 0 Å². The number of thiophene rings is 1. The molecule has 0 atom stereocenters. The Morgan fingerprint density at radius 3 is 2.72 bits per heavy atom. The maximum atomic E-state index is 3.46. The quantitative estimate of drug-likeness (QED) is 0.849. The van der Waals surface area contributed by atoms with E-state index in [9.17, 15) is 0 Å². The predicted octanol–water partition coefficient (Wildman–Crippen LogP) is 4.71. The van der Waals surface area contributed by atoms with Crippen LogP contribution in [0.15, 0.2) is 44.8 Å². The van der Waals surface area contributed by atoms with Crippen molar-refractivity contribution in [2.24, 2.45) is 0 Å². The van der Waals surface area contributed by atoms with E-state index in [0.29, 0.717) is 6.04 Å². The normalized spacial score (nSPS) is 11.1. The Kier molecular flexibility index (Phi) is 4.87. The Labute approximate surface area is 118 Å². The van der Waals surface area contributed by atoms with Crippen LogP contribution in [0.3, 0.4) is 0 Å². The summed E-state index contributed by atoms with van der Waals surface area (Å²) in [5.41, 5.74) is 2.75. The number of hydrogen-bond acceptors (Lipinski definition) is 3. The predicted molar refractivity (Wildman–Crippen MR) is 81.6 cm³/mol. The summed E-state index contributed by atoms with van der Waals surface area (Å²) in [7, 11) is 0. The molecule has 0 unspecified atom stereocenters. The standard InChI is InChI=1S/C15H19NS2/c1-11(2)16-10-13-6-7-14(9-12(13)3)18-15-5-4-8-17-15/h4-9,11,16H,10H2,1-3H3. The van der Waals surface area contributed by atoms with Crippen LogP contribution >= 0.6 is 23.1 Å². The molecule has 3 heteroatoms. The van der Waals surface area contributed by atoms with E-state index >= 15 is 0 Å². The molecule has 1 aromatic carbocycles. The van der Waals surface area contributed by atoms with E-state index in [1.54, 1.807) is 11.3 Å². The van der Waals surface area contributed by atoms with Gasteiger partial charge in [-0.2, -0.15) is 0 Å². The first-order valence-corrected chi connectivity index (χ1v) is 7.89. The lowest BCUT2D eigenvalue weighted by Crippen LogP contribution is -2.22. The second-order valence-corrected chi connectivity index (χ2v) is 6.98. The largest absolute Gasteiger partial charge is 0.310 e. The number of nitrogens with one attached hydrogen (secondary N) is 1. The minimum atomic E-state index is 0.532. The number of hydrogen-bond donors (Lipinski definition) is 1. The van der Waals surface area contributed by atoms with E-state index in [-0.39, 0.29) is 0 Å². The Morgan fingerprint density at radius 1 is 1.28 bits per heavy atom. The summed E-state index contributed by atoms with van der Waals surface area (Å²) in [6.45, 7) is 7.50. The molecule has 1 aromatic heterocycles. The maximum absolute atomic E-state index is 3.46. The molecule has 2 aromatic rings. The Hall–Kier alpha value is -0.770. The summed E-state index contributed by atoms with van der Waals surface area (Å²) in [6, 6.07) is 11.5. The molecular formula is C15H19NS2. The summed E-state index contributed by atoms with van der Waals surface area (Å²) < 4.78 is 1.35. The molecular weight excluding hydrogens is 258 g/mol. The number of aryl methyl sites for hydroxylation is 1. The molecule has 0 aliphatic rings. The molecule has 0 saturated heterocycles. The molecule has 0 bridgehead atoms. The zero-order valence-electron chi connectivity index (χ0n) is 11.1. The van der Waals surface area contributed by atoms with Gasteiger partial charge in [-0.1, -0.05) is 37.7 Å². The lowest BCUT2D eigenvalue weighted by atomic mass is 10.1. The van der Waals surface area contributed by atoms with Crippen LogP contribution in [0.2, 0.25) is 0 Å². The van der Waals surface area contributed by atoms with Crippen molar-refractivity contribution in [2.75, 3.05) is 0 Å². The van der Waals surface area contributed by atoms with Gasteiger partial charge in [-0.15, -0.1) is 11.3 Å². The fourth-order valence-corrected chi connectivity index (χ4v) is 3.53. The first-order valence-electron chi connectivity index (χ1n) is 6.19.